The van der Waals surface area contributed by atoms with Gasteiger partial charge in [0.1, 0.15) is 5.75 Å². The van der Waals surface area contributed by atoms with Crippen molar-refractivity contribution in [2.24, 2.45) is 5.92 Å². The number of hydrogen-bond acceptors (Lipinski definition) is 3. The van der Waals surface area contributed by atoms with E-state index in [1.807, 2.05) is 6.07 Å². The molecule has 1 aromatic carbocycles. The van der Waals surface area contributed by atoms with Gasteiger partial charge in [0.05, 0.1) is 12.2 Å². The molecule has 0 spiro atoms. The van der Waals surface area contributed by atoms with Gasteiger partial charge in [0.25, 0.3) is 0 Å². The van der Waals surface area contributed by atoms with Crippen LogP contribution in [0.15, 0.2) is 24.3 Å². The summed E-state index contributed by atoms with van der Waals surface area (Å²) in [7, 11) is 0. The molecule has 1 aromatic rings. The summed E-state index contributed by atoms with van der Waals surface area (Å²) in [4.78, 5) is 0. The summed E-state index contributed by atoms with van der Waals surface area (Å²) in [6.45, 7) is 8.27. The highest BCUT2D eigenvalue weighted by molar-refractivity contribution is 5.38. The smallest absolute Gasteiger partial charge is 0.124 e. The molecule has 110 valence electrons. The molecule has 2 aliphatic heterocycles. The number of hydrogen-bond donors (Lipinski definition) is 1. The van der Waals surface area contributed by atoms with Crippen molar-refractivity contribution >= 4 is 0 Å². The van der Waals surface area contributed by atoms with Gasteiger partial charge in [0, 0.05) is 30.2 Å². The first-order chi connectivity index (χ1) is 9.55. The summed E-state index contributed by atoms with van der Waals surface area (Å²) in [6.07, 6.45) is 2.16. The van der Waals surface area contributed by atoms with E-state index in [-0.39, 0.29) is 5.60 Å². The van der Waals surface area contributed by atoms with Crippen LogP contribution in [0.2, 0.25) is 0 Å². The first kappa shape index (κ1) is 13.9. The molecule has 20 heavy (non-hydrogen) atoms. The highest BCUT2D eigenvalue weighted by atomic mass is 16.5. The second-order valence-electron chi connectivity index (χ2n) is 6.77. The van der Waals surface area contributed by atoms with E-state index in [0.717, 1.165) is 31.8 Å². The van der Waals surface area contributed by atoms with Crippen LogP contribution in [0, 0.1) is 5.92 Å². The lowest BCUT2D eigenvalue weighted by Gasteiger charge is -2.40. The lowest BCUT2D eigenvalue weighted by atomic mass is 9.88. The molecule has 0 amide bonds. The first-order valence-corrected chi connectivity index (χ1v) is 7.67. The van der Waals surface area contributed by atoms with E-state index in [1.54, 1.807) is 0 Å². The first-order valence-electron chi connectivity index (χ1n) is 7.67. The second kappa shape index (κ2) is 5.38. The van der Waals surface area contributed by atoms with Crippen LogP contribution in [-0.4, -0.2) is 24.9 Å². The minimum Gasteiger partial charge on any atom is -0.493 e. The Bertz CT molecular complexity index is 472. The van der Waals surface area contributed by atoms with Crippen molar-refractivity contribution in [1.29, 1.82) is 0 Å². The molecule has 2 aliphatic rings. The van der Waals surface area contributed by atoms with Crippen molar-refractivity contribution in [3.8, 4) is 5.75 Å². The van der Waals surface area contributed by atoms with Crippen LogP contribution < -0.4 is 10.1 Å². The standard InChI is InChI=1S/C17H25NO2/c1-12-11-19-15-7-5-4-6-14(15)16(12)18-13-8-9-20-17(2,3)10-13/h4-7,12-13,16,18H,8-11H2,1-3H3. The van der Waals surface area contributed by atoms with Gasteiger partial charge >= 0.3 is 0 Å². The van der Waals surface area contributed by atoms with Gasteiger partial charge in [0.2, 0.25) is 0 Å². The third-order valence-corrected chi connectivity index (χ3v) is 4.44. The fraction of sp³-hybridized carbons (Fsp3) is 0.647. The maximum atomic E-state index is 5.83. The van der Waals surface area contributed by atoms with Gasteiger partial charge < -0.3 is 14.8 Å². The maximum absolute atomic E-state index is 5.83. The Morgan fingerprint density at radius 1 is 1.25 bits per heavy atom. The molecule has 3 unspecified atom stereocenters. The van der Waals surface area contributed by atoms with Crippen LogP contribution in [0.4, 0.5) is 0 Å². The Morgan fingerprint density at radius 2 is 2.05 bits per heavy atom. The fourth-order valence-corrected chi connectivity index (χ4v) is 3.37. The topological polar surface area (TPSA) is 30.5 Å². The minimum absolute atomic E-state index is 0.0101. The molecular weight excluding hydrogens is 250 g/mol. The minimum atomic E-state index is -0.0101. The van der Waals surface area contributed by atoms with Gasteiger partial charge in [-0.05, 0) is 32.8 Å². The highest BCUT2D eigenvalue weighted by Crippen LogP contribution is 2.36. The summed E-state index contributed by atoms with van der Waals surface area (Å²) in [5.41, 5.74) is 1.29. The molecule has 0 radical (unpaired) electrons. The summed E-state index contributed by atoms with van der Waals surface area (Å²) < 4.78 is 11.6. The van der Waals surface area contributed by atoms with Crippen molar-refractivity contribution in [1.82, 2.24) is 5.32 Å². The molecule has 2 heterocycles. The Morgan fingerprint density at radius 3 is 2.85 bits per heavy atom. The Balaban J connectivity index is 1.76. The maximum Gasteiger partial charge on any atom is 0.124 e. The zero-order valence-corrected chi connectivity index (χ0v) is 12.7. The predicted molar refractivity (Wildman–Crippen MR) is 80.0 cm³/mol. The van der Waals surface area contributed by atoms with Gasteiger partial charge in [0.15, 0.2) is 0 Å². The normalized spacial score (nSPS) is 32.2. The van der Waals surface area contributed by atoms with Crippen LogP contribution >= 0.6 is 0 Å². The van der Waals surface area contributed by atoms with E-state index in [9.17, 15) is 0 Å². The Hall–Kier alpha value is -1.06. The summed E-state index contributed by atoms with van der Waals surface area (Å²) >= 11 is 0. The third kappa shape index (κ3) is 2.84. The van der Waals surface area contributed by atoms with E-state index in [0.29, 0.717) is 18.0 Å². The van der Waals surface area contributed by atoms with Crippen LogP contribution in [-0.2, 0) is 4.74 Å². The van der Waals surface area contributed by atoms with Crippen molar-refractivity contribution < 1.29 is 9.47 Å². The lowest BCUT2D eigenvalue weighted by Crippen LogP contribution is -2.47. The molecule has 1 N–H and O–H groups in total. The SMILES string of the molecule is CC1COc2ccccc2C1NC1CCOC(C)(C)C1. The molecule has 3 atom stereocenters. The van der Waals surface area contributed by atoms with E-state index < -0.39 is 0 Å². The number of benzene rings is 1. The average Bonchev–Trinajstić information content (AvgIpc) is 2.41. The zero-order valence-electron chi connectivity index (χ0n) is 12.7. The van der Waals surface area contributed by atoms with Crippen molar-refractivity contribution in [2.45, 2.75) is 51.3 Å². The monoisotopic (exact) mass is 275 g/mol. The van der Waals surface area contributed by atoms with Crippen LogP contribution in [0.1, 0.15) is 45.2 Å². The van der Waals surface area contributed by atoms with Gasteiger partial charge in [-0.25, -0.2) is 0 Å². The Kier molecular flexibility index (Phi) is 3.74. The molecule has 3 nitrogen and oxygen atoms in total. The Labute approximate surface area is 121 Å². The second-order valence-corrected chi connectivity index (χ2v) is 6.77. The van der Waals surface area contributed by atoms with Crippen molar-refractivity contribution in [3.05, 3.63) is 29.8 Å². The van der Waals surface area contributed by atoms with Gasteiger partial charge in [-0.3, -0.25) is 0 Å². The van der Waals surface area contributed by atoms with Crippen LogP contribution in [0.25, 0.3) is 0 Å². The molecule has 1 fully saturated rings. The molecule has 3 rings (SSSR count). The molecular formula is C17H25NO2. The van der Waals surface area contributed by atoms with Crippen LogP contribution in [0.5, 0.6) is 5.75 Å². The third-order valence-electron chi connectivity index (χ3n) is 4.44. The highest BCUT2D eigenvalue weighted by Gasteiger charge is 2.34. The fourth-order valence-electron chi connectivity index (χ4n) is 3.37. The summed E-state index contributed by atoms with van der Waals surface area (Å²) in [5, 5.41) is 3.86. The van der Waals surface area contributed by atoms with Crippen molar-refractivity contribution in [2.75, 3.05) is 13.2 Å². The van der Waals surface area contributed by atoms with E-state index in [2.05, 4.69) is 44.3 Å². The molecule has 1 saturated heterocycles. The summed E-state index contributed by atoms with van der Waals surface area (Å²) in [5.74, 6) is 1.53. The number of ether oxygens (including phenoxy) is 2. The van der Waals surface area contributed by atoms with E-state index in [4.69, 9.17) is 9.47 Å². The van der Waals surface area contributed by atoms with Crippen molar-refractivity contribution in [3.63, 3.8) is 0 Å². The number of para-hydroxylation sites is 1. The predicted octanol–water partition coefficient (Wildman–Crippen LogP) is 3.30. The summed E-state index contributed by atoms with van der Waals surface area (Å²) in [6, 6.07) is 9.32. The molecule has 0 aliphatic carbocycles. The largest absolute Gasteiger partial charge is 0.493 e. The van der Waals surface area contributed by atoms with E-state index >= 15 is 0 Å². The molecule has 0 saturated carbocycles. The molecule has 0 aromatic heterocycles. The lowest BCUT2D eigenvalue weighted by molar-refractivity contribution is -0.0655. The van der Waals surface area contributed by atoms with Crippen LogP contribution in [0.3, 0.4) is 0 Å². The van der Waals surface area contributed by atoms with Gasteiger partial charge in [-0.2, -0.15) is 0 Å². The molecule has 3 heteroatoms. The average molecular weight is 275 g/mol. The van der Waals surface area contributed by atoms with Gasteiger partial charge in [-0.15, -0.1) is 0 Å². The number of rotatable bonds is 2. The molecule has 0 bridgehead atoms. The van der Waals surface area contributed by atoms with E-state index in [1.165, 1.54) is 5.56 Å². The number of nitrogens with one attached hydrogen (secondary N) is 1. The zero-order chi connectivity index (χ0) is 14.2. The quantitative estimate of drug-likeness (QED) is 0.898. The number of fused-ring (bicyclic) bond motifs is 1. The van der Waals surface area contributed by atoms with Gasteiger partial charge in [-0.1, -0.05) is 25.1 Å².